The van der Waals surface area contributed by atoms with Crippen molar-refractivity contribution in [2.45, 2.75) is 0 Å². The van der Waals surface area contributed by atoms with Crippen molar-refractivity contribution in [2.75, 3.05) is 0 Å². The van der Waals surface area contributed by atoms with Crippen LogP contribution in [0.3, 0.4) is 0 Å². The lowest BCUT2D eigenvalue weighted by molar-refractivity contribution is 0.699. The Morgan fingerprint density at radius 3 is 1.75 bits per heavy atom. The molecule has 0 fully saturated rings. The fraction of sp³-hybridized carbons (Fsp3) is 0. The lowest BCUT2D eigenvalue weighted by atomic mass is 11.2. The summed E-state index contributed by atoms with van der Waals surface area (Å²) in [7, 11) is 0. The summed E-state index contributed by atoms with van der Waals surface area (Å²) in [5, 5.41) is -0.861. The van der Waals surface area contributed by atoms with Gasteiger partial charge >= 0.3 is 0 Å². The first-order valence-corrected chi connectivity index (χ1v) is 2.32. The summed E-state index contributed by atoms with van der Waals surface area (Å²) in [6.07, 6.45) is 0.265. The highest BCUT2D eigenvalue weighted by Gasteiger charge is 1.63. The third-order valence-electron chi connectivity index (χ3n) is 0.0476. The van der Waals surface area contributed by atoms with Crippen LogP contribution < -0.4 is 0 Å². The second kappa shape index (κ2) is 10.0. The van der Waals surface area contributed by atoms with Crippen molar-refractivity contribution in [3.05, 3.63) is 23.7 Å². The molecule has 0 bridgehead atoms. The highest BCUT2D eigenvalue weighted by atomic mass is 35.5. The standard InChI is InChI=1S/2C2H2ClF/c1-2(3)4;3-1-2-4/h1H2;1-2H/b;2-1+. The molecule has 0 rings (SSSR count). The van der Waals surface area contributed by atoms with Gasteiger partial charge in [0, 0.05) is 5.54 Å². The summed E-state index contributed by atoms with van der Waals surface area (Å²) in [4.78, 5) is 0. The number of halogens is 4. The Hall–Kier alpha value is -0.0800. The highest BCUT2D eigenvalue weighted by Crippen LogP contribution is 1.92. The third-order valence-corrected chi connectivity index (χ3v) is 0.143. The van der Waals surface area contributed by atoms with Gasteiger partial charge in [0.1, 0.15) is 0 Å². The molecule has 4 heteroatoms. The second-order valence-electron chi connectivity index (χ2n) is 0.591. The normalized spacial score (nSPS) is 8.00. The zero-order valence-electron chi connectivity index (χ0n) is 3.87. The van der Waals surface area contributed by atoms with Crippen LogP contribution in [0.25, 0.3) is 0 Å². The molecule has 0 aliphatic carbocycles. The van der Waals surface area contributed by atoms with Crippen molar-refractivity contribution in [3.8, 4) is 0 Å². The predicted octanol–water partition coefficient (Wildman–Crippen LogP) is 3.33. The minimum Gasteiger partial charge on any atom is -0.215 e. The van der Waals surface area contributed by atoms with Gasteiger partial charge < -0.3 is 0 Å². The third kappa shape index (κ3) is 169. The van der Waals surface area contributed by atoms with Gasteiger partial charge in [-0.15, -0.1) is 0 Å². The molecular weight excluding hydrogens is 157 g/mol. The lowest BCUT2D eigenvalue weighted by Crippen LogP contribution is -1.28. The Kier molecular flexibility index (Phi) is 13.6. The first-order chi connectivity index (χ1) is 3.65. The average molecular weight is 161 g/mol. The molecule has 0 spiro atoms. The van der Waals surface area contributed by atoms with E-state index in [1.807, 2.05) is 0 Å². The minimum atomic E-state index is -0.861. The predicted molar refractivity (Wildman–Crippen MR) is 32.2 cm³/mol. The SMILES string of the molecule is C=C(F)Cl.F/C=C/Cl. The van der Waals surface area contributed by atoms with Gasteiger partial charge in [0.25, 0.3) is 0 Å². The van der Waals surface area contributed by atoms with Gasteiger partial charge in [-0.3, -0.25) is 0 Å². The Morgan fingerprint density at radius 2 is 1.75 bits per heavy atom. The van der Waals surface area contributed by atoms with Crippen LogP contribution in [0.4, 0.5) is 8.78 Å². The Labute approximate surface area is 56.4 Å². The Bertz CT molecular complexity index is 72.1. The first kappa shape index (κ1) is 10.8. The second-order valence-corrected chi connectivity index (χ2v) is 1.25. The zero-order valence-corrected chi connectivity index (χ0v) is 5.39. The van der Waals surface area contributed by atoms with Crippen LogP contribution in [0, 0.1) is 0 Å². The zero-order chi connectivity index (χ0) is 6.99. The van der Waals surface area contributed by atoms with Gasteiger partial charge in [-0.05, 0) is 0 Å². The Morgan fingerprint density at radius 1 is 1.62 bits per heavy atom. The average Bonchev–Trinajstić information content (AvgIpc) is 1.65. The van der Waals surface area contributed by atoms with Crippen LogP contribution in [0.15, 0.2) is 23.7 Å². The maximum absolute atomic E-state index is 10.6. The molecular formula is C4H4Cl2F2. The topological polar surface area (TPSA) is 0 Å². The van der Waals surface area contributed by atoms with E-state index in [0.717, 1.165) is 5.54 Å². The van der Waals surface area contributed by atoms with Gasteiger partial charge in [-0.25, -0.2) is 4.39 Å². The van der Waals surface area contributed by atoms with Crippen molar-refractivity contribution in [2.24, 2.45) is 0 Å². The van der Waals surface area contributed by atoms with Crippen molar-refractivity contribution < 1.29 is 8.78 Å². The van der Waals surface area contributed by atoms with Crippen LogP contribution in [0.2, 0.25) is 0 Å². The van der Waals surface area contributed by atoms with E-state index >= 15 is 0 Å². The largest absolute Gasteiger partial charge is 0.215 e. The molecule has 0 aliphatic rings. The van der Waals surface area contributed by atoms with E-state index in [4.69, 9.17) is 0 Å². The van der Waals surface area contributed by atoms with E-state index < -0.39 is 5.29 Å². The fourth-order valence-corrected chi connectivity index (χ4v) is 0. The van der Waals surface area contributed by atoms with Crippen molar-refractivity contribution in [1.29, 1.82) is 0 Å². The number of hydrogen-bond donors (Lipinski definition) is 0. The van der Waals surface area contributed by atoms with Gasteiger partial charge in [0.15, 0.2) is 5.29 Å². The fourth-order valence-electron chi connectivity index (χ4n) is 0. The molecule has 0 amide bonds. The Balaban J connectivity index is 0. The van der Waals surface area contributed by atoms with Crippen molar-refractivity contribution in [3.63, 3.8) is 0 Å². The summed E-state index contributed by atoms with van der Waals surface area (Å²) < 4.78 is 21.0. The molecule has 0 aromatic heterocycles. The summed E-state index contributed by atoms with van der Waals surface area (Å²) >= 11 is 9.04. The number of hydrogen-bond acceptors (Lipinski definition) is 0. The van der Waals surface area contributed by atoms with Gasteiger partial charge in [-0.1, -0.05) is 29.8 Å². The molecule has 0 saturated carbocycles. The van der Waals surface area contributed by atoms with Crippen LogP contribution in [-0.2, 0) is 0 Å². The molecule has 0 aromatic rings. The molecule has 0 saturated heterocycles. The molecule has 8 heavy (non-hydrogen) atoms. The molecule has 0 aromatic carbocycles. The van der Waals surface area contributed by atoms with Gasteiger partial charge in [-0.2, -0.15) is 4.39 Å². The quantitative estimate of drug-likeness (QED) is 0.511. The van der Waals surface area contributed by atoms with E-state index in [9.17, 15) is 8.78 Å². The van der Waals surface area contributed by atoms with Gasteiger partial charge in [0.05, 0.1) is 6.33 Å². The van der Waals surface area contributed by atoms with Crippen molar-refractivity contribution >= 4 is 23.2 Å². The molecule has 0 unspecified atom stereocenters. The van der Waals surface area contributed by atoms with Crippen molar-refractivity contribution in [1.82, 2.24) is 0 Å². The summed E-state index contributed by atoms with van der Waals surface area (Å²) in [5.74, 6) is 0. The summed E-state index contributed by atoms with van der Waals surface area (Å²) in [6.45, 7) is 2.65. The van der Waals surface area contributed by atoms with Gasteiger partial charge in [0.2, 0.25) is 0 Å². The van der Waals surface area contributed by atoms with E-state index in [-0.39, 0.29) is 6.33 Å². The molecule has 0 aliphatic heterocycles. The van der Waals surface area contributed by atoms with Crippen LogP contribution in [0.1, 0.15) is 0 Å². The van der Waals surface area contributed by atoms with Crippen LogP contribution in [-0.4, -0.2) is 0 Å². The molecule has 0 radical (unpaired) electrons. The van der Waals surface area contributed by atoms with E-state index in [2.05, 4.69) is 29.8 Å². The molecule has 0 atom stereocenters. The maximum atomic E-state index is 10.6. The van der Waals surface area contributed by atoms with E-state index in [1.165, 1.54) is 0 Å². The monoisotopic (exact) mass is 160 g/mol. The molecule has 0 heterocycles. The first-order valence-electron chi connectivity index (χ1n) is 1.50. The molecule has 0 N–H and O–H groups in total. The van der Waals surface area contributed by atoms with E-state index in [0.29, 0.717) is 0 Å². The molecule has 48 valence electrons. The number of rotatable bonds is 0. The van der Waals surface area contributed by atoms with E-state index in [1.54, 1.807) is 0 Å². The molecule has 0 nitrogen and oxygen atoms in total. The lowest BCUT2D eigenvalue weighted by Gasteiger charge is -1.55. The highest BCUT2D eigenvalue weighted by molar-refractivity contribution is 6.27. The van der Waals surface area contributed by atoms with Crippen LogP contribution >= 0.6 is 23.2 Å². The smallest absolute Gasteiger partial charge is 0.181 e. The maximum Gasteiger partial charge on any atom is 0.181 e. The summed E-state index contributed by atoms with van der Waals surface area (Å²) in [5.41, 5.74) is 0.806. The minimum absolute atomic E-state index is 0.265. The van der Waals surface area contributed by atoms with Crippen LogP contribution in [0.5, 0.6) is 0 Å². The summed E-state index contributed by atoms with van der Waals surface area (Å²) in [6, 6.07) is 0.